The molecule has 1 aromatic heterocycles. The van der Waals surface area contributed by atoms with Crippen LogP contribution in [0.1, 0.15) is 12.5 Å². The summed E-state index contributed by atoms with van der Waals surface area (Å²) in [6, 6.07) is 12.8. The summed E-state index contributed by atoms with van der Waals surface area (Å²) in [6.07, 6.45) is 1.35. The van der Waals surface area contributed by atoms with Crippen LogP contribution in [0.15, 0.2) is 48.8 Å². The van der Waals surface area contributed by atoms with Crippen LogP contribution in [0.2, 0.25) is 0 Å². The van der Waals surface area contributed by atoms with Gasteiger partial charge in [-0.25, -0.2) is 4.68 Å². The van der Waals surface area contributed by atoms with Crippen LogP contribution in [0.5, 0.6) is 0 Å². The maximum atomic E-state index is 12.6. The van der Waals surface area contributed by atoms with Crippen LogP contribution in [0, 0.1) is 0 Å². The van der Waals surface area contributed by atoms with Gasteiger partial charge < -0.3 is 5.32 Å². The lowest BCUT2D eigenvalue weighted by Gasteiger charge is -2.22. The Labute approximate surface area is 131 Å². The molecule has 3 aromatic rings. The molecule has 0 saturated carbocycles. The van der Waals surface area contributed by atoms with Crippen LogP contribution in [0.25, 0.3) is 10.8 Å². The van der Waals surface area contributed by atoms with Gasteiger partial charge in [-0.05, 0) is 11.5 Å². The Morgan fingerprint density at radius 3 is 2.96 bits per heavy atom. The fourth-order valence-corrected chi connectivity index (χ4v) is 2.76. The van der Waals surface area contributed by atoms with Crippen LogP contribution in [0.3, 0.4) is 0 Å². The first kappa shape index (κ1) is 13.4. The first-order chi connectivity index (χ1) is 11.2. The molecule has 0 bridgehead atoms. The quantitative estimate of drug-likeness (QED) is 0.757. The molecule has 1 aliphatic rings. The zero-order valence-electron chi connectivity index (χ0n) is 12.1. The second-order valence-corrected chi connectivity index (χ2v) is 5.31. The zero-order chi connectivity index (χ0) is 15.8. The monoisotopic (exact) mass is 307 g/mol. The Balaban J connectivity index is 1.67. The summed E-state index contributed by atoms with van der Waals surface area (Å²) in [5.41, 5.74) is 0.709. The third kappa shape index (κ3) is 2.32. The van der Waals surface area contributed by atoms with Gasteiger partial charge in [0, 0.05) is 11.1 Å². The number of hydrogen-bond donors (Lipinski definition) is 2. The number of rotatable bonds is 2. The molecule has 0 spiro atoms. The second kappa shape index (κ2) is 5.20. The van der Waals surface area contributed by atoms with E-state index in [9.17, 15) is 9.59 Å². The number of carbonyl (C=O) groups excluding carboxylic acids is 2. The van der Waals surface area contributed by atoms with Gasteiger partial charge >= 0.3 is 0 Å². The van der Waals surface area contributed by atoms with E-state index in [0.717, 1.165) is 10.8 Å². The topological polar surface area (TPSA) is 88.9 Å². The molecule has 4 rings (SSSR count). The minimum Gasteiger partial charge on any atom is -0.324 e. The summed E-state index contributed by atoms with van der Waals surface area (Å²) in [5, 5.41) is 11.5. The Morgan fingerprint density at radius 1 is 1.22 bits per heavy atom. The summed E-state index contributed by atoms with van der Waals surface area (Å²) >= 11 is 0. The lowest BCUT2D eigenvalue weighted by molar-refractivity contribution is -0.125. The predicted octanol–water partition coefficient (Wildman–Crippen LogP) is 1.95. The smallest absolute Gasteiger partial charge is 0.249 e. The summed E-state index contributed by atoms with van der Waals surface area (Å²) in [4.78, 5) is 28.3. The standard InChI is InChI=1S/C16H13N5O2/c22-14-8-13(21-16(20-14)17-9-18-21)15(23)19-12-7-3-5-10-4-1-2-6-11(10)12/h1-7,9,13H,8H2,(H,19,23)(H,17,18,20,22). The third-order valence-corrected chi connectivity index (χ3v) is 3.85. The van der Waals surface area contributed by atoms with Crippen molar-refractivity contribution < 1.29 is 9.59 Å². The maximum Gasteiger partial charge on any atom is 0.249 e. The number of nitrogens with one attached hydrogen (secondary N) is 2. The zero-order valence-corrected chi connectivity index (χ0v) is 12.1. The van der Waals surface area contributed by atoms with Crippen LogP contribution in [0.4, 0.5) is 11.6 Å². The summed E-state index contributed by atoms with van der Waals surface area (Å²) in [5.74, 6) is -0.245. The van der Waals surface area contributed by atoms with Crippen LogP contribution < -0.4 is 10.6 Å². The molecule has 0 fully saturated rings. The lowest BCUT2D eigenvalue weighted by atomic mass is 10.1. The molecule has 7 heteroatoms. The Kier molecular flexibility index (Phi) is 3.04. The van der Waals surface area contributed by atoms with Crippen LogP contribution in [-0.2, 0) is 9.59 Å². The van der Waals surface area contributed by atoms with Crippen molar-refractivity contribution in [3.8, 4) is 0 Å². The average Bonchev–Trinajstić information content (AvgIpc) is 3.02. The van der Waals surface area contributed by atoms with Crippen molar-refractivity contribution in [2.24, 2.45) is 0 Å². The molecule has 0 radical (unpaired) electrons. The largest absolute Gasteiger partial charge is 0.324 e. The molecule has 2 N–H and O–H groups in total. The van der Waals surface area contributed by atoms with Crippen molar-refractivity contribution in [2.45, 2.75) is 12.5 Å². The highest BCUT2D eigenvalue weighted by Crippen LogP contribution is 2.26. The van der Waals surface area contributed by atoms with Crippen molar-refractivity contribution in [1.82, 2.24) is 14.8 Å². The summed E-state index contributed by atoms with van der Waals surface area (Å²) in [7, 11) is 0. The van der Waals surface area contributed by atoms with E-state index in [1.165, 1.54) is 11.0 Å². The van der Waals surface area contributed by atoms with Gasteiger partial charge in [0.1, 0.15) is 12.4 Å². The van der Waals surface area contributed by atoms with Gasteiger partial charge in [-0.15, -0.1) is 0 Å². The number of benzene rings is 2. The Hall–Kier alpha value is -3.22. The SMILES string of the molecule is O=C1CC(C(=O)Nc2cccc3ccccc23)n2ncnc2N1. The van der Waals surface area contributed by atoms with E-state index in [1.807, 2.05) is 42.5 Å². The van der Waals surface area contributed by atoms with Gasteiger partial charge in [0.25, 0.3) is 0 Å². The molecular weight excluding hydrogens is 294 g/mol. The summed E-state index contributed by atoms with van der Waals surface area (Å²) in [6.45, 7) is 0. The highest BCUT2D eigenvalue weighted by molar-refractivity contribution is 6.05. The van der Waals surface area contributed by atoms with Gasteiger partial charge in [0.15, 0.2) is 0 Å². The van der Waals surface area contributed by atoms with E-state index < -0.39 is 6.04 Å². The van der Waals surface area contributed by atoms with Crippen LogP contribution in [-0.4, -0.2) is 26.6 Å². The molecular formula is C16H13N5O2. The fourth-order valence-electron chi connectivity index (χ4n) is 2.76. The third-order valence-electron chi connectivity index (χ3n) is 3.85. The number of aromatic nitrogens is 3. The van der Waals surface area contributed by atoms with Gasteiger partial charge in [-0.1, -0.05) is 36.4 Å². The highest BCUT2D eigenvalue weighted by atomic mass is 16.2. The van der Waals surface area contributed by atoms with Gasteiger partial charge in [0.05, 0.1) is 6.42 Å². The van der Waals surface area contributed by atoms with E-state index in [1.54, 1.807) is 0 Å². The van der Waals surface area contributed by atoms with Crippen molar-refractivity contribution in [2.75, 3.05) is 10.6 Å². The number of nitrogens with zero attached hydrogens (tertiary/aromatic N) is 3. The van der Waals surface area contributed by atoms with E-state index in [4.69, 9.17) is 0 Å². The molecule has 2 aromatic carbocycles. The van der Waals surface area contributed by atoms with Crippen LogP contribution >= 0.6 is 0 Å². The molecule has 1 unspecified atom stereocenters. The van der Waals surface area contributed by atoms with Gasteiger partial charge in [0.2, 0.25) is 17.8 Å². The first-order valence-corrected chi connectivity index (χ1v) is 7.20. The number of anilines is 2. The minimum atomic E-state index is -0.708. The van der Waals surface area contributed by atoms with Crippen molar-refractivity contribution in [3.05, 3.63) is 48.8 Å². The molecule has 0 aliphatic carbocycles. The van der Waals surface area contributed by atoms with E-state index in [0.29, 0.717) is 11.6 Å². The Morgan fingerprint density at radius 2 is 2.04 bits per heavy atom. The summed E-state index contributed by atoms with van der Waals surface area (Å²) < 4.78 is 1.43. The number of hydrogen-bond acceptors (Lipinski definition) is 4. The number of amides is 2. The predicted molar refractivity (Wildman–Crippen MR) is 84.9 cm³/mol. The average molecular weight is 307 g/mol. The molecule has 1 aliphatic heterocycles. The normalized spacial score (nSPS) is 16.7. The molecule has 1 atom stereocenters. The highest BCUT2D eigenvalue weighted by Gasteiger charge is 2.32. The molecule has 2 heterocycles. The lowest BCUT2D eigenvalue weighted by Crippen LogP contribution is -2.36. The van der Waals surface area contributed by atoms with E-state index >= 15 is 0 Å². The molecule has 2 amide bonds. The van der Waals surface area contributed by atoms with E-state index in [2.05, 4.69) is 20.7 Å². The second-order valence-electron chi connectivity index (χ2n) is 5.31. The Bertz CT molecular complexity index is 912. The number of fused-ring (bicyclic) bond motifs is 2. The van der Waals surface area contributed by atoms with Crippen molar-refractivity contribution >= 4 is 34.2 Å². The van der Waals surface area contributed by atoms with Crippen molar-refractivity contribution in [1.29, 1.82) is 0 Å². The molecule has 23 heavy (non-hydrogen) atoms. The van der Waals surface area contributed by atoms with E-state index in [-0.39, 0.29) is 18.2 Å². The van der Waals surface area contributed by atoms with Crippen molar-refractivity contribution in [3.63, 3.8) is 0 Å². The molecule has 114 valence electrons. The molecule has 0 saturated heterocycles. The maximum absolute atomic E-state index is 12.6. The fraction of sp³-hybridized carbons (Fsp3) is 0.125. The molecule has 7 nitrogen and oxygen atoms in total. The number of carbonyl (C=O) groups is 2. The van der Waals surface area contributed by atoms with Gasteiger partial charge in [-0.2, -0.15) is 10.1 Å². The first-order valence-electron chi connectivity index (χ1n) is 7.20. The minimum absolute atomic E-state index is 0.0347. The van der Waals surface area contributed by atoms with Gasteiger partial charge in [-0.3, -0.25) is 14.9 Å².